The second-order valence-corrected chi connectivity index (χ2v) is 11.9. The maximum Gasteiger partial charge on any atom is 0.291 e. The van der Waals surface area contributed by atoms with E-state index < -0.39 is 0 Å². The van der Waals surface area contributed by atoms with Crippen LogP contribution in [0.25, 0.3) is 22.4 Å². The van der Waals surface area contributed by atoms with Gasteiger partial charge in [-0.3, -0.25) is 4.79 Å². The minimum atomic E-state index is -0.238. The van der Waals surface area contributed by atoms with Gasteiger partial charge in [-0.15, -0.1) is 5.10 Å². The monoisotopic (exact) mass is 511 g/mol. The Morgan fingerprint density at radius 2 is 1.62 bits per heavy atom. The third-order valence-electron chi connectivity index (χ3n) is 5.34. The molecule has 0 aliphatic carbocycles. The number of hydrogen-bond acceptors (Lipinski definition) is 5. The third-order valence-corrected chi connectivity index (χ3v) is 6.99. The molecular formula is C25H26BrN3O2S. The number of aromatic hydroxyl groups is 1. The average molecular weight is 512 g/mol. The molecule has 5 nitrogen and oxygen atoms in total. The van der Waals surface area contributed by atoms with E-state index in [-0.39, 0.29) is 16.4 Å². The summed E-state index contributed by atoms with van der Waals surface area (Å²) in [4.78, 5) is 18.2. The molecule has 0 unspecified atom stereocenters. The van der Waals surface area contributed by atoms with Crippen molar-refractivity contribution in [3.8, 4) is 17.1 Å². The molecule has 0 saturated carbocycles. The van der Waals surface area contributed by atoms with Gasteiger partial charge in [0.15, 0.2) is 5.82 Å². The lowest BCUT2D eigenvalue weighted by molar-refractivity contribution is 0.423. The van der Waals surface area contributed by atoms with Crippen LogP contribution in [0.1, 0.15) is 58.2 Å². The Labute approximate surface area is 199 Å². The Balaban J connectivity index is 1.88. The van der Waals surface area contributed by atoms with Gasteiger partial charge < -0.3 is 5.11 Å². The molecule has 0 atom stereocenters. The van der Waals surface area contributed by atoms with Crippen molar-refractivity contribution in [3.63, 3.8) is 0 Å². The van der Waals surface area contributed by atoms with Crippen LogP contribution in [0.15, 0.2) is 45.7 Å². The van der Waals surface area contributed by atoms with Crippen molar-refractivity contribution in [2.75, 3.05) is 0 Å². The van der Waals surface area contributed by atoms with Gasteiger partial charge >= 0.3 is 0 Å². The summed E-state index contributed by atoms with van der Waals surface area (Å²) in [6, 6.07) is 11.6. The molecular weight excluding hydrogens is 486 g/mol. The average Bonchev–Trinajstić information content (AvgIpc) is 3.21. The molecule has 0 aliphatic rings. The fourth-order valence-corrected chi connectivity index (χ4v) is 5.00. The maximum absolute atomic E-state index is 13.1. The molecule has 0 bridgehead atoms. The molecule has 7 heteroatoms. The highest BCUT2D eigenvalue weighted by molar-refractivity contribution is 9.10. The lowest BCUT2D eigenvalue weighted by Gasteiger charge is -2.27. The zero-order chi connectivity index (χ0) is 23.4. The molecule has 32 heavy (non-hydrogen) atoms. The minimum Gasteiger partial charge on any atom is -0.507 e. The van der Waals surface area contributed by atoms with Gasteiger partial charge in [0.1, 0.15) is 5.75 Å². The summed E-state index contributed by atoms with van der Waals surface area (Å²) in [6.45, 7) is 12.4. The second-order valence-electron chi connectivity index (χ2n) is 9.99. The molecule has 0 saturated heterocycles. The van der Waals surface area contributed by atoms with E-state index in [1.54, 1.807) is 0 Å². The first kappa shape index (κ1) is 22.7. The predicted molar refractivity (Wildman–Crippen MR) is 135 cm³/mol. The van der Waals surface area contributed by atoms with Gasteiger partial charge in [-0.05, 0) is 46.7 Å². The van der Waals surface area contributed by atoms with Crippen LogP contribution in [-0.2, 0) is 10.8 Å². The van der Waals surface area contributed by atoms with E-state index in [0.29, 0.717) is 21.1 Å². The first-order valence-corrected chi connectivity index (χ1v) is 12.0. The number of fused-ring (bicyclic) bond motifs is 1. The first-order chi connectivity index (χ1) is 14.9. The van der Waals surface area contributed by atoms with Crippen molar-refractivity contribution in [1.29, 1.82) is 0 Å². The predicted octanol–water partition coefficient (Wildman–Crippen LogP) is 5.43. The number of hydrogen-bond donors (Lipinski definition) is 1. The molecule has 2 heterocycles. The van der Waals surface area contributed by atoms with E-state index in [4.69, 9.17) is 0 Å². The van der Waals surface area contributed by atoms with E-state index in [0.717, 1.165) is 26.7 Å². The fraction of sp³-hybridized carbons (Fsp3) is 0.320. The lowest BCUT2D eigenvalue weighted by atomic mass is 9.78. The zero-order valence-electron chi connectivity index (χ0n) is 19.0. The highest BCUT2D eigenvalue weighted by Gasteiger charge is 2.26. The summed E-state index contributed by atoms with van der Waals surface area (Å²) < 4.78 is 2.80. The third kappa shape index (κ3) is 4.11. The Morgan fingerprint density at radius 3 is 2.16 bits per heavy atom. The van der Waals surface area contributed by atoms with Crippen molar-refractivity contribution >= 4 is 38.3 Å². The number of benzene rings is 2. The Kier molecular flexibility index (Phi) is 5.54. The number of thiazole rings is 1. The van der Waals surface area contributed by atoms with Gasteiger partial charge in [-0.25, -0.2) is 0 Å². The van der Waals surface area contributed by atoms with Gasteiger partial charge in [0.25, 0.3) is 5.56 Å². The number of halogens is 1. The molecule has 4 rings (SSSR count). The number of rotatable bonds is 2. The van der Waals surface area contributed by atoms with Crippen LogP contribution in [0, 0.1) is 0 Å². The van der Waals surface area contributed by atoms with Gasteiger partial charge in [-0.1, -0.05) is 80.9 Å². The van der Waals surface area contributed by atoms with Crippen LogP contribution >= 0.6 is 27.3 Å². The van der Waals surface area contributed by atoms with Crippen molar-refractivity contribution < 1.29 is 5.11 Å². The highest BCUT2D eigenvalue weighted by atomic mass is 79.9. The molecule has 0 radical (unpaired) electrons. The summed E-state index contributed by atoms with van der Waals surface area (Å²) in [5, 5.41) is 15.4. The molecule has 2 aromatic carbocycles. The topological polar surface area (TPSA) is 67.5 Å². The summed E-state index contributed by atoms with van der Waals surface area (Å²) in [6.07, 6.45) is 1.87. The largest absolute Gasteiger partial charge is 0.507 e. The normalized spacial score (nSPS) is 13.3. The molecule has 0 fully saturated rings. The van der Waals surface area contributed by atoms with Gasteiger partial charge in [0, 0.05) is 21.2 Å². The number of nitrogens with zero attached hydrogens (tertiary/aromatic N) is 3. The van der Waals surface area contributed by atoms with Crippen LogP contribution in [0.3, 0.4) is 0 Å². The molecule has 2 aromatic heterocycles. The van der Waals surface area contributed by atoms with Crippen LogP contribution in [0.5, 0.6) is 5.75 Å². The Morgan fingerprint density at radius 1 is 1.03 bits per heavy atom. The Hall–Kier alpha value is -2.51. The van der Waals surface area contributed by atoms with Gasteiger partial charge in [0.2, 0.25) is 4.96 Å². The fourth-order valence-electron chi connectivity index (χ4n) is 3.63. The molecule has 0 spiro atoms. The summed E-state index contributed by atoms with van der Waals surface area (Å²) in [5.74, 6) is 0.840. The highest BCUT2D eigenvalue weighted by Crippen LogP contribution is 2.40. The van der Waals surface area contributed by atoms with E-state index in [1.807, 2.05) is 42.5 Å². The standard InChI is InChI=1S/C25H26BrN3O2S/c1-24(2,3)16-11-14(12-17(20(16)30)25(4,5)6)13-19-22(31)29-23(32-19)27-21(28-29)15-9-7-8-10-18(15)26/h7-13,30H,1-6H3. The van der Waals surface area contributed by atoms with Crippen LogP contribution in [0.4, 0.5) is 0 Å². The lowest BCUT2D eigenvalue weighted by Crippen LogP contribution is -2.24. The maximum atomic E-state index is 13.1. The van der Waals surface area contributed by atoms with E-state index >= 15 is 0 Å². The number of phenolic OH excluding ortho intramolecular Hbond substituents is 1. The zero-order valence-corrected chi connectivity index (χ0v) is 21.4. The van der Waals surface area contributed by atoms with Gasteiger partial charge in [-0.2, -0.15) is 9.50 Å². The summed E-state index contributed by atoms with van der Waals surface area (Å²) >= 11 is 4.83. The quantitative estimate of drug-likeness (QED) is 0.389. The SMILES string of the molecule is CC(C)(C)c1cc(C=c2sc3nc(-c4ccccc4Br)nn3c2=O)cc(C(C)(C)C)c1O. The number of aromatic nitrogens is 3. The Bertz CT molecular complexity index is 1400. The van der Waals surface area contributed by atoms with Crippen molar-refractivity contribution in [1.82, 2.24) is 14.6 Å². The molecule has 4 aromatic rings. The summed E-state index contributed by atoms with van der Waals surface area (Å²) in [5.41, 5.74) is 2.77. The van der Waals surface area contributed by atoms with Gasteiger partial charge in [0.05, 0.1) is 4.53 Å². The minimum absolute atomic E-state index is 0.196. The molecule has 1 N–H and O–H groups in total. The van der Waals surface area contributed by atoms with Crippen LogP contribution < -0.4 is 10.1 Å². The molecule has 0 amide bonds. The smallest absolute Gasteiger partial charge is 0.291 e. The van der Waals surface area contributed by atoms with Crippen molar-refractivity contribution in [3.05, 3.63) is 72.4 Å². The van der Waals surface area contributed by atoms with E-state index in [9.17, 15) is 9.90 Å². The molecule has 0 aliphatic heterocycles. The van der Waals surface area contributed by atoms with E-state index in [1.165, 1.54) is 15.9 Å². The van der Waals surface area contributed by atoms with Crippen molar-refractivity contribution in [2.45, 2.75) is 52.4 Å². The second kappa shape index (κ2) is 7.81. The summed E-state index contributed by atoms with van der Waals surface area (Å²) in [7, 11) is 0. The van der Waals surface area contributed by atoms with E-state index in [2.05, 4.69) is 67.6 Å². The molecule has 166 valence electrons. The first-order valence-electron chi connectivity index (χ1n) is 10.4. The van der Waals surface area contributed by atoms with Crippen LogP contribution in [-0.4, -0.2) is 19.7 Å². The number of phenols is 1. The van der Waals surface area contributed by atoms with Crippen molar-refractivity contribution in [2.24, 2.45) is 0 Å². The van der Waals surface area contributed by atoms with Crippen LogP contribution in [0.2, 0.25) is 0 Å².